The average Bonchev–Trinajstić information content (AvgIpc) is 2.93. The second-order valence-corrected chi connectivity index (χ2v) is 5.87. The second kappa shape index (κ2) is 5.02. The summed E-state index contributed by atoms with van der Waals surface area (Å²) in [5.41, 5.74) is 2.69. The SMILES string of the molecule is C=CC1CCN(c2ccc3c(c2)[nH]c2nc[nH]c(=O)c23)CC1. The van der Waals surface area contributed by atoms with E-state index in [1.807, 2.05) is 6.07 Å². The van der Waals surface area contributed by atoms with E-state index >= 15 is 0 Å². The number of aromatic amines is 2. The van der Waals surface area contributed by atoms with Crippen LogP contribution in [0.1, 0.15) is 12.8 Å². The maximum atomic E-state index is 12.0. The lowest BCUT2D eigenvalue weighted by atomic mass is 9.97. The first-order chi connectivity index (χ1) is 10.8. The summed E-state index contributed by atoms with van der Waals surface area (Å²) in [5.74, 6) is 0.635. The zero-order chi connectivity index (χ0) is 15.1. The molecule has 0 radical (unpaired) electrons. The molecule has 0 aliphatic carbocycles. The molecule has 0 unspecified atom stereocenters. The molecule has 1 fully saturated rings. The van der Waals surface area contributed by atoms with Crippen LogP contribution in [-0.2, 0) is 0 Å². The lowest BCUT2D eigenvalue weighted by Crippen LogP contribution is -2.32. The summed E-state index contributed by atoms with van der Waals surface area (Å²) < 4.78 is 0. The quantitative estimate of drug-likeness (QED) is 0.714. The highest BCUT2D eigenvalue weighted by atomic mass is 16.1. The number of nitrogens with zero attached hydrogens (tertiary/aromatic N) is 2. The largest absolute Gasteiger partial charge is 0.371 e. The van der Waals surface area contributed by atoms with Crippen LogP contribution < -0.4 is 10.5 Å². The Hall–Kier alpha value is -2.56. The van der Waals surface area contributed by atoms with E-state index in [0.29, 0.717) is 17.0 Å². The average molecular weight is 294 g/mol. The predicted molar refractivity (Wildman–Crippen MR) is 89.4 cm³/mol. The maximum absolute atomic E-state index is 12.0. The summed E-state index contributed by atoms with van der Waals surface area (Å²) in [4.78, 5) is 24.5. The van der Waals surface area contributed by atoms with Crippen molar-refractivity contribution in [3.63, 3.8) is 0 Å². The highest BCUT2D eigenvalue weighted by molar-refractivity contribution is 6.06. The number of H-pyrrole nitrogens is 2. The molecule has 0 bridgehead atoms. The van der Waals surface area contributed by atoms with Crippen molar-refractivity contribution >= 4 is 27.6 Å². The molecule has 3 aromatic rings. The van der Waals surface area contributed by atoms with E-state index in [0.717, 1.165) is 36.8 Å². The lowest BCUT2D eigenvalue weighted by molar-refractivity contribution is 0.479. The first-order valence-electron chi connectivity index (χ1n) is 7.63. The molecule has 3 heterocycles. The summed E-state index contributed by atoms with van der Waals surface area (Å²) in [7, 11) is 0. The van der Waals surface area contributed by atoms with Crippen molar-refractivity contribution in [1.29, 1.82) is 0 Å². The van der Waals surface area contributed by atoms with Crippen LogP contribution in [0.15, 0.2) is 42.0 Å². The van der Waals surface area contributed by atoms with Gasteiger partial charge in [-0.05, 0) is 37.0 Å². The van der Waals surface area contributed by atoms with E-state index in [9.17, 15) is 4.79 Å². The van der Waals surface area contributed by atoms with Crippen molar-refractivity contribution in [3.05, 3.63) is 47.5 Å². The first-order valence-corrected chi connectivity index (χ1v) is 7.63. The zero-order valence-corrected chi connectivity index (χ0v) is 12.3. The Balaban J connectivity index is 1.75. The fraction of sp³-hybridized carbons (Fsp3) is 0.294. The van der Waals surface area contributed by atoms with Crippen LogP contribution in [0.2, 0.25) is 0 Å². The van der Waals surface area contributed by atoms with E-state index in [1.165, 1.54) is 12.0 Å². The van der Waals surface area contributed by atoms with Gasteiger partial charge in [-0.3, -0.25) is 4.79 Å². The standard InChI is InChI=1S/C17H18N4O/c1-2-11-5-7-21(8-6-11)12-3-4-13-14(9-12)20-16-15(13)17(22)19-10-18-16/h2-4,9-11H,1,5-8H2,(H2,18,19,20,22). The fourth-order valence-electron chi connectivity index (χ4n) is 3.32. The van der Waals surface area contributed by atoms with Gasteiger partial charge in [0, 0.05) is 29.7 Å². The van der Waals surface area contributed by atoms with Gasteiger partial charge in [0.25, 0.3) is 5.56 Å². The molecule has 2 N–H and O–H groups in total. The van der Waals surface area contributed by atoms with Gasteiger partial charge < -0.3 is 14.9 Å². The molecule has 0 spiro atoms. The van der Waals surface area contributed by atoms with E-state index in [2.05, 4.69) is 44.6 Å². The molecule has 1 aromatic carbocycles. The van der Waals surface area contributed by atoms with Crippen LogP contribution in [0, 0.1) is 5.92 Å². The van der Waals surface area contributed by atoms with Crippen LogP contribution in [0.5, 0.6) is 0 Å². The number of aromatic nitrogens is 3. The van der Waals surface area contributed by atoms with Crippen molar-refractivity contribution in [3.8, 4) is 0 Å². The summed E-state index contributed by atoms with van der Waals surface area (Å²) in [6.45, 7) is 5.98. The van der Waals surface area contributed by atoms with E-state index < -0.39 is 0 Å². The third-order valence-electron chi connectivity index (χ3n) is 4.62. The molecular weight excluding hydrogens is 276 g/mol. The van der Waals surface area contributed by atoms with Crippen LogP contribution in [0.4, 0.5) is 5.69 Å². The normalized spacial score (nSPS) is 16.5. The number of piperidine rings is 1. The lowest BCUT2D eigenvalue weighted by Gasteiger charge is -2.32. The van der Waals surface area contributed by atoms with Gasteiger partial charge in [-0.15, -0.1) is 6.58 Å². The van der Waals surface area contributed by atoms with Gasteiger partial charge in [0.05, 0.1) is 11.7 Å². The molecule has 0 amide bonds. The molecule has 0 atom stereocenters. The maximum Gasteiger partial charge on any atom is 0.260 e. The highest BCUT2D eigenvalue weighted by Crippen LogP contribution is 2.28. The Labute approximate surface area is 127 Å². The number of hydrogen-bond donors (Lipinski definition) is 2. The predicted octanol–water partition coefficient (Wildman–Crippen LogP) is 2.81. The smallest absolute Gasteiger partial charge is 0.260 e. The third kappa shape index (κ3) is 2.01. The molecule has 5 nitrogen and oxygen atoms in total. The number of anilines is 1. The van der Waals surface area contributed by atoms with E-state index in [1.54, 1.807) is 0 Å². The molecule has 4 rings (SSSR count). The molecule has 1 aliphatic heterocycles. The van der Waals surface area contributed by atoms with Gasteiger partial charge in [-0.1, -0.05) is 6.08 Å². The van der Waals surface area contributed by atoms with E-state index in [4.69, 9.17) is 0 Å². The van der Waals surface area contributed by atoms with Crippen LogP contribution in [0.3, 0.4) is 0 Å². The van der Waals surface area contributed by atoms with Gasteiger partial charge in [0.2, 0.25) is 0 Å². The van der Waals surface area contributed by atoms with Crippen LogP contribution in [-0.4, -0.2) is 28.0 Å². The number of hydrogen-bond acceptors (Lipinski definition) is 3. The first kappa shape index (κ1) is 13.1. The number of rotatable bonds is 2. The molecule has 1 saturated heterocycles. The van der Waals surface area contributed by atoms with Crippen molar-refractivity contribution < 1.29 is 0 Å². The number of allylic oxidation sites excluding steroid dienone is 1. The van der Waals surface area contributed by atoms with Gasteiger partial charge in [0.1, 0.15) is 5.65 Å². The van der Waals surface area contributed by atoms with Gasteiger partial charge in [-0.2, -0.15) is 0 Å². The fourth-order valence-corrected chi connectivity index (χ4v) is 3.32. The Morgan fingerprint density at radius 2 is 2.14 bits per heavy atom. The summed E-state index contributed by atoms with van der Waals surface area (Å²) in [6, 6.07) is 6.22. The Morgan fingerprint density at radius 3 is 2.91 bits per heavy atom. The minimum Gasteiger partial charge on any atom is -0.371 e. The number of benzene rings is 1. The zero-order valence-electron chi connectivity index (χ0n) is 12.3. The Morgan fingerprint density at radius 1 is 1.32 bits per heavy atom. The van der Waals surface area contributed by atoms with Gasteiger partial charge in [-0.25, -0.2) is 4.98 Å². The topological polar surface area (TPSA) is 64.8 Å². The minimum atomic E-state index is -0.101. The van der Waals surface area contributed by atoms with Crippen LogP contribution in [0.25, 0.3) is 21.9 Å². The Kier molecular flexibility index (Phi) is 2.99. The molecule has 1 aliphatic rings. The third-order valence-corrected chi connectivity index (χ3v) is 4.62. The summed E-state index contributed by atoms with van der Waals surface area (Å²) in [6.07, 6.45) is 5.79. The minimum absolute atomic E-state index is 0.101. The summed E-state index contributed by atoms with van der Waals surface area (Å²) >= 11 is 0. The van der Waals surface area contributed by atoms with Crippen molar-refractivity contribution in [1.82, 2.24) is 15.0 Å². The molecule has 22 heavy (non-hydrogen) atoms. The second-order valence-electron chi connectivity index (χ2n) is 5.87. The van der Waals surface area contributed by atoms with Crippen molar-refractivity contribution in [2.45, 2.75) is 12.8 Å². The molecule has 2 aromatic heterocycles. The number of nitrogens with one attached hydrogen (secondary N) is 2. The van der Waals surface area contributed by atoms with Crippen molar-refractivity contribution in [2.75, 3.05) is 18.0 Å². The van der Waals surface area contributed by atoms with Gasteiger partial charge >= 0.3 is 0 Å². The monoisotopic (exact) mass is 294 g/mol. The van der Waals surface area contributed by atoms with Crippen molar-refractivity contribution in [2.24, 2.45) is 5.92 Å². The number of fused-ring (bicyclic) bond motifs is 3. The molecule has 5 heteroatoms. The molecule has 112 valence electrons. The van der Waals surface area contributed by atoms with Gasteiger partial charge in [0.15, 0.2) is 0 Å². The summed E-state index contributed by atoms with van der Waals surface area (Å²) in [5, 5.41) is 1.56. The van der Waals surface area contributed by atoms with E-state index in [-0.39, 0.29) is 5.56 Å². The highest BCUT2D eigenvalue weighted by Gasteiger charge is 2.18. The Bertz CT molecular complexity index is 900. The molecule has 0 saturated carbocycles. The van der Waals surface area contributed by atoms with Crippen LogP contribution >= 0.6 is 0 Å². The molecular formula is C17H18N4O.